The highest BCUT2D eigenvalue weighted by Crippen LogP contribution is 2.46. The van der Waals surface area contributed by atoms with E-state index in [1.165, 1.54) is 65.3 Å². The van der Waals surface area contributed by atoms with Crippen molar-refractivity contribution in [2.75, 3.05) is 0 Å². The summed E-state index contributed by atoms with van der Waals surface area (Å²) in [7, 11) is 0. The summed E-state index contributed by atoms with van der Waals surface area (Å²) in [6.07, 6.45) is 0. The first kappa shape index (κ1) is 75.8. The van der Waals surface area contributed by atoms with E-state index in [4.69, 9.17) is 39.9 Å². The molecule has 0 spiro atoms. The SMILES string of the molecule is Cc1ccc2c(c1)c1ccccc1n2-c1ccc(-c2cccc(-c3cc(-c4nc(C)nc(C)n4)ccc3-n3c4ccccc4c4cc(C)ccc43)c2)c(-c2nc(C)nc(C)n2)c1.Cc1ccc2c(c1)c1ccccc1n2-c1ccc(-c2nc(C)nc(C)n2)cc1-c1cccc(-c2ccc(-c3nc(C)nc(C)n3)c(-n3c4ccccc4c4cc(C)ccc43)c2)c1. The number of hydrogen-bond acceptors (Lipinski definition) is 12. The Hall–Kier alpha value is -15.7. The second kappa shape index (κ2) is 30.2. The van der Waals surface area contributed by atoms with Crippen molar-refractivity contribution in [3.8, 4) is 113 Å². The minimum Gasteiger partial charge on any atom is -0.309 e. The predicted molar refractivity (Wildman–Crippen MR) is 504 cm³/mol. The molecule has 0 atom stereocenters. The van der Waals surface area contributed by atoms with Gasteiger partial charge in [-0.1, -0.05) is 168 Å². The molecule has 22 aromatic rings. The van der Waals surface area contributed by atoms with Crippen molar-refractivity contribution in [2.24, 2.45) is 0 Å². The average molecular weight is 1610 g/mol. The Bertz CT molecular complexity index is 8100. The van der Waals surface area contributed by atoms with E-state index < -0.39 is 0 Å². The molecule has 22 rings (SSSR count). The lowest BCUT2D eigenvalue weighted by molar-refractivity contribution is 0.926. The Morgan fingerprint density at radius 1 is 0.161 bits per heavy atom. The van der Waals surface area contributed by atoms with Crippen LogP contribution in [-0.2, 0) is 0 Å². The highest BCUT2D eigenvalue weighted by molar-refractivity contribution is 6.14. The summed E-state index contributed by atoms with van der Waals surface area (Å²) in [4.78, 5) is 56.8. The fourth-order valence-corrected chi connectivity index (χ4v) is 18.5. The number of aryl methyl sites for hydroxylation is 12. The third kappa shape index (κ3) is 13.4. The van der Waals surface area contributed by atoms with E-state index in [1.807, 2.05) is 55.4 Å². The zero-order chi connectivity index (χ0) is 84.4. The summed E-state index contributed by atoms with van der Waals surface area (Å²) < 4.78 is 9.51. The van der Waals surface area contributed by atoms with Crippen molar-refractivity contribution >= 4 is 87.2 Å². The van der Waals surface area contributed by atoms with Gasteiger partial charge in [0.1, 0.15) is 46.6 Å². The molecule has 124 heavy (non-hydrogen) atoms. The lowest BCUT2D eigenvalue weighted by Gasteiger charge is -2.18. The van der Waals surface area contributed by atoms with Crippen LogP contribution in [0.25, 0.3) is 200 Å². The first-order valence-corrected chi connectivity index (χ1v) is 41.9. The van der Waals surface area contributed by atoms with Gasteiger partial charge in [-0.25, -0.2) is 59.8 Å². The van der Waals surface area contributed by atoms with Gasteiger partial charge < -0.3 is 18.3 Å². The molecule has 8 aromatic heterocycles. The minimum absolute atomic E-state index is 0.637. The van der Waals surface area contributed by atoms with E-state index in [0.717, 1.165) is 134 Å². The number of aromatic nitrogens is 16. The summed E-state index contributed by atoms with van der Waals surface area (Å²) in [5.41, 5.74) is 30.3. The second-order valence-corrected chi connectivity index (χ2v) is 32.6. The maximum Gasteiger partial charge on any atom is 0.165 e. The maximum atomic E-state index is 4.95. The van der Waals surface area contributed by atoms with Gasteiger partial charge in [0.25, 0.3) is 0 Å². The Morgan fingerprint density at radius 2 is 0.460 bits per heavy atom. The monoisotopic (exact) mass is 1600 g/mol. The molecule has 0 unspecified atom stereocenters. The Balaban J connectivity index is 0.000000152. The summed E-state index contributed by atoms with van der Waals surface area (Å²) >= 11 is 0. The number of hydrogen-bond donors (Lipinski definition) is 0. The first-order valence-electron chi connectivity index (χ1n) is 41.9. The third-order valence-electron chi connectivity index (χ3n) is 23.7. The van der Waals surface area contributed by atoms with Crippen molar-refractivity contribution in [2.45, 2.75) is 83.1 Å². The molecule has 0 N–H and O–H groups in total. The molecule has 0 aliphatic rings. The fraction of sp³-hybridized carbons (Fsp3) is 0.111. The van der Waals surface area contributed by atoms with Crippen molar-refractivity contribution < 1.29 is 0 Å². The molecule has 14 aromatic carbocycles. The molecule has 0 saturated heterocycles. The highest BCUT2D eigenvalue weighted by Gasteiger charge is 2.26. The molecule has 0 fully saturated rings. The lowest BCUT2D eigenvalue weighted by Crippen LogP contribution is -2.03. The number of nitrogens with zero attached hydrogens (tertiary/aromatic N) is 16. The van der Waals surface area contributed by atoms with Crippen LogP contribution in [0.4, 0.5) is 0 Å². The largest absolute Gasteiger partial charge is 0.309 e. The van der Waals surface area contributed by atoms with Gasteiger partial charge in [0.2, 0.25) is 0 Å². The number of fused-ring (bicyclic) bond motifs is 12. The number of benzene rings is 14. The molecule has 16 nitrogen and oxygen atoms in total. The van der Waals surface area contributed by atoms with Gasteiger partial charge in [0.05, 0.1) is 61.2 Å². The highest BCUT2D eigenvalue weighted by atomic mass is 15.1. The zero-order valence-corrected chi connectivity index (χ0v) is 70.9. The molecule has 8 heterocycles. The van der Waals surface area contributed by atoms with Gasteiger partial charge in [-0.15, -0.1) is 0 Å². The molecular formula is C108H84N16. The van der Waals surface area contributed by atoms with Gasteiger partial charge in [0, 0.05) is 82.2 Å². The summed E-state index contributed by atoms with van der Waals surface area (Å²) in [6, 6.07) is 106. The van der Waals surface area contributed by atoms with Gasteiger partial charge in [0.15, 0.2) is 23.3 Å². The van der Waals surface area contributed by atoms with Crippen LogP contribution < -0.4 is 0 Å². The van der Waals surface area contributed by atoms with Gasteiger partial charge in [-0.2, -0.15) is 0 Å². The molecule has 16 heteroatoms. The Labute approximate surface area is 716 Å². The van der Waals surface area contributed by atoms with Crippen molar-refractivity contribution in [1.82, 2.24) is 78.1 Å². The quantitative estimate of drug-likeness (QED) is 0.113. The third-order valence-corrected chi connectivity index (χ3v) is 23.7. The summed E-state index contributed by atoms with van der Waals surface area (Å²) in [6.45, 7) is 24.0. The van der Waals surface area contributed by atoms with E-state index in [-0.39, 0.29) is 0 Å². The maximum absolute atomic E-state index is 4.95. The Kier molecular flexibility index (Phi) is 18.5. The second-order valence-electron chi connectivity index (χ2n) is 32.6. The van der Waals surface area contributed by atoms with E-state index >= 15 is 0 Å². The van der Waals surface area contributed by atoms with E-state index in [1.54, 1.807) is 0 Å². The number of rotatable bonds is 12. The van der Waals surface area contributed by atoms with Gasteiger partial charge in [-0.05, 0) is 262 Å². The topological polar surface area (TPSA) is 174 Å². The predicted octanol–water partition coefficient (Wildman–Crippen LogP) is 25.5. The molecule has 0 saturated carbocycles. The molecule has 0 aliphatic carbocycles. The van der Waals surface area contributed by atoms with E-state index in [0.29, 0.717) is 69.9 Å². The van der Waals surface area contributed by atoms with Crippen LogP contribution >= 0.6 is 0 Å². The molecular weight excluding hydrogens is 1520 g/mol. The standard InChI is InChI=1S/2C54H42N8/c1-31-18-23-51-45(26-31)42-14-7-9-16-48(42)61(51)40-21-22-41(47(30-40)54-59-35(5)56-36(6)60-54)37-12-11-13-38(28-37)44-29-39(53-57-33(3)55-34(4)58-53)20-25-50(44)62-49-17-10-8-15-43(49)46-27-32(2)19-24-52(46)62;1-31-18-23-50-45(26-31)41-14-7-9-16-47(41)61(50)49-25-21-40(53-57-33(3)55-34(4)58-53)29-44(49)39-13-11-12-37(28-39)38-20-22-43(54-59-35(5)56-36(6)60-54)52(30-38)62-48-17-10-8-15-42(48)46-27-32(2)19-24-51(46)62/h2*7-30H,1-6H3. The molecule has 596 valence electrons. The molecule has 0 bridgehead atoms. The van der Waals surface area contributed by atoms with Gasteiger partial charge >= 0.3 is 0 Å². The molecule has 0 radical (unpaired) electrons. The van der Waals surface area contributed by atoms with Crippen LogP contribution in [-0.4, -0.2) is 78.1 Å². The van der Waals surface area contributed by atoms with Crippen LogP contribution in [0.5, 0.6) is 0 Å². The zero-order valence-electron chi connectivity index (χ0n) is 70.9. The van der Waals surface area contributed by atoms with E-state index in [9.17, 15) is 0 Å². The normalized spacial score (nSPS) is 11.7. The fourth-order valence-electron chi connectivity index (χ4n) is 18.5. The smallest absolute Gasteiger partial charge is 0.165 e. The molecule has 0 aliphatic heterocycles. The number of para-hydroxylation sites is 4. The average Bonchev–Trinajstić information content (AvgIpc) is 1.56. The van der Waals surface area contributed by atoms with Crippen LogP contribution in [0.1, 0.15) is 68.8 Å². The van der Waals surface area contributed by atoms with Crippen LogP contribution in [0, 0.1) is 83.1 Å². The minimum atomic E-state index is 0.637. The van der Waals surface area contributed by atoms with E-state index in [2.05, 4.69) is 357 Å². The van der Waals surface area contributed by atoms with Crippen LogP contribution in [0.15, 0.2) is 291 Å². The van der Waals surface area contributed by atoms with Crippen LogP contribution in [0.2, 0.25) is 0 Å². The summed E-state index contributed by atoms with van der Waals surface area (Å²) in [5.74, 6) is 8.08. The molecule has 0 amide bonds. The Morgan fingerprint density at radius 3 is 0.863 bits per heavy atom. The lowest BCUT2D eigenvalue weighted by atomic mass is 9.93. The van der Waals surface area contributed by atoms with Crippen LogP contribution in [0.3, 0.4) is 0 Å². The van der Waals surface area contributed by atoms with Crippen molar-refractivity contribution in [1.29, 1.82) is 0 Å². The van der Waals surface area contributed by atoms with Gasteiger partial charge in [-0.3, -0.25) is 0 Å². The first-order chi connectivity index (χ1) is 60.3. The van der Waals surface area contributed by atoms with Crippen molar-refractivity contribution in [3.05, 3.63) is 360 Å². The van der Waals surface area contributed by atoms with Crippen molar-refractivity contribution in [3.63, 3.8) is 0 Å². The summed E-state index contributed by atoms with van der Waals surface area (Å²) in [5, 5.41) is 9.73.